The molecule has 0 aromatic carbocycles. The van der Waals surface area contributed by atoms with Crippen molar-refractivity contribution in [3.8, 4) is 0 Å². The van der Waals surface area contributed by atoms with Crippen molar-refractivity contribution in [3.05, 3.63) is 97.2 Å². The van der Waals surface area contributed by atoms with E-state index < -0.39 is 6.10 Å². The summed E-state index contributed by atoms with van der Waals surface area (Å²) in [5.74, 6) is -0.954. The molecule has 6 nitrogen and oxygen atoms in total. The molecule has 0 bridgehead atoms. The summed E-state index contributed by atoms with van der Waals surface area (Å²) in [5, 5.41) is 0. The fraction of sp³-hybridized carbons (Fsp3) is 0.683. The Balaban J connectivity index is 4.48. The van der Waals surface area contributed by atoms with E-state index in [-0.39, 0.29) is 31.1 Å². The molecule has 0 spiro atoms. The maximum atomic E-state index is 12.8. The molecule has 0 aromatic heterocycles. The molecule has 0 amide bonds. The van der Waals surface area contributed by atoms with E-state index in [1.807, 2.05) is 0 Å². The summed E-state index contributed by atoms with van der Waals surface area (Å²) in [4.78, 5) is 38.1. The van der Waals surface area contributed by atoms with Gasteiger partial charge < -0.3 is 14.2 Å². The Morgan fingerprint density at radius 3 is 1.00 bits per heavy atom. The van der Waals surface area contributed by atoms with Gasteiger partial charge in [-0.1, -0.05) is 208 Å². The molecule has 0 aliphatic heterocycles. The van der Waals surface area contributed by atoms with Gasteiger partial charge in [-0.05, 0) is 116 Å². The molecular weight excluding hydrogens is 817 g/mol. The van der Waals surface area contributed by atoms with E-state index in [1.54, 1.807) is 0 Å². The van der Waals surface area contributed by atoms with Crippen LogP contribution in [0.4, 0.5) is 0 Å². The number of rotatable bonds is 48. The van der Waals surface area contributed by atoms with Gasteiger partial charge in [-0.25, -0.2) is 0 Å². The zero-order valence-electron chi connectivity index (χ0n) is 42.9. The maximum absolute atomic E-state index is 12.8. The first kappa shape index (κ1) is 62.3. The van der Waals surface area contributed by atoms with Crippen molar-refractivity contribution in [2.45, 2.75) is 252 Å². The highest BCUT2D eigenvalue weighted by atomic mass is 16.6. The highest BCUT2D eigenvalue weighted by Crippen LogP contribution is 2.13. The molecule has 0 rings (SSSR count). The number of carbonyl (C=O) groups is 3. The van der Waals surface area contributed by atoms with Crippen LogP contribution in [-0.4, -0.2) is 37.2 Å². The second-order valence-corrected chi connectivity index (χ2v) is 17.7. The molecule has 0 saturated heterocycles. The van der Waals surface area contributed by atoms with Gasteiger partial charge in [0.1, 0.15) is 13.2 Å². The lowest BCUT2D eigenvalue weighted by atomic mass is 10.1. The Morgan fingerprint density at radius 1 is 0.318 bits per heavy atom. The van der Waals surface area contributed by atoms with Crippen LogP contribution in [0, 0.1) is 0 Å². The third kappa shape index (κ3) is 51.3. The molecule has 1 unspecified atom stereocenters. The lowest BCUT2D eigenvalue weighted by Gasteiger charge is -2.18. The normalized spacial score (nSPS) is 12.8. The van der Waals surface area contributed by atoms with Gasteiger partial charge in [-0.3, -0.25) is 14.4 Å². The Bertz CT molecular complexity index is 1330. The predicted molar refractivity (Wildman–Crippen MR) is 284 cm³/mol. The van der Waals surface area contributed by atoms with Gasteiger partial charge in [0.25, 0.3) is 0 Å². The number of carbonyl (C=O) groups excluding carboxylic acids is 3. The molecule has 66 heavy (non-hydrogen) atoms. The summed E-state index contributed by atoms with van der Waals surface area (Å²) in [7, 11) is 0. The molecule has 0 aliphatic carbocycles. The fourth-order valence-electron chi connectivity index (χ4n) is 7.18. The van der Waals surface area contributed by atoms with Crippen LogP contribution in [0.1, 0.15) is 245 Å². The lowest BCUT2D eigenvalue weighted by Crippen LogP contribution is -2.30. The smallest absolute Gasteiger partial charge is 0.306 e. The van der Waals surface area contributed by atoms with E-state index in [0.29, 0.717) is 19.3 Å². The van der Waals surface area contributed by atoms with Crippen LogP contribution in [0.5, 0.6) is 0 Å². The maximum Gasteiger partial charge on any atom is 0.306 e. The number of ether oxygens (including phenoxy) is 3. The molecule has 0 N–H and O–H groups in total. The van der Waals surface area contributed by atoms with Gasteiger partial charge in [0.15, 0.2) is 6.10 Å². The summed E-state index contributed by atoms with van der Waals surface area (Å²) >= 11 is 0. The minimum absolute atomic E-state index is 0.0996. The second-order valence-electron chi connectivity index (χ2n) is 17.7. The number of hydrogen-bond donors (Lipinski definition) is 0. The Hall–Kier alpha value is -3.67. The average molecular weight is 917 g/mol. The van der Waals surface area contributed by atoms with E-state index in [0.717, 1.165) is 135 Å². The molecule has 0 saturated carbocycles. The van der Waals surface area contributed by atoms with Gasteiger partial charge in [0.05, 0.1) is 0 Å². The van der Waals surface area contributed by atoms with Gasteiger partial charge in [-0.15, -0.1) is 0 Å². The monoisotopic (exact) mass is 917 g/mol. The van der Waals surface area contributed by atoms with Crippen LogP contribution < -0.4 is 0 Å². The number of esters is 3. The minimum Gasteiger partial charge on any atom is -0.462 e. The Morgan fingerprint density at radius 2 is 0.606 bits per heavy atom. The van der Waals surface area contributed by atoms with E-state index in [2.05, 4.69) is 118 Å². The number of unbranched alkanes of at least 4 members (excludes halogenated alkanes) is 21. The molecule has 0 fully saturated rings. The Kier molecular flexibility index (Phi) is 50.9. The highest BCUT2D eigenvalue weighted by molar-refractivity contribution is 5.71. The third-order valence-corrected chi connectivity index (χ3v) is 11.3. The van der Waals surface area contributed by atoms with E-state index >= 15 is 0 Å². The summed E-state index contributed by atoms with van der Waals surface area (Å²) < 4.78 is 16.8. The van der Waals surface area contributed by atoms with Crippen molar-refractivity contribution in [2.75, 3.05) is 13.2 Å². The first-order chi connectivity index (χ1) is 32.5. The lowest BCUT2D eigenvalue weighted by molar-refractivity contribution is -0.167. The second kappa shape index (κ2) is 53.9. The molecule has 6 heteroatoms. The summed E-state index contributed by atoms with van der Waals surface area (Å²) in [5.41, 5.74) is 0. The molecule has 1 atom stereocenters. The molecular formula is C60H100O6. The van der Waals surface area contributed by atoms with Crippen LogP contribution in [0.25, 0.3) is 0 Å². The average Bonchev–Trinajstić information content (AvgIpc) is 3.31. The van der Waals surface area contributed by atoms with Gasteiger partial charge in [0.2, 0.25) is 0 Å². The quantitative estimate of drug-likeness (QED) is 0.0262. The van der Waals surface area contributed by atoms with Crippen LogP contribution in [0.3, 0.4) is 0 Å². The molecule has 0 aliphatic rings. The van der Waals surface area contributed by atoms with Crippen LogP contribution in [0.2, 0.25) is 0 Å². The van der Waals surface area contributed by atoms with Crippen LogP contribution >= 0.6 is 0 Å². The molecule has 376 valence electrons. The van der Waals surface area contributed by atoms with Crippen molar-refractivity contribution in [1.82, 2.24) is 0 Å². The third-order valence-electron chi connectivity index (χ3n) is 11.3. The van der Waals surface area contributed by atoms with Gasteiger partial charge >= 0.3 is 17.9 Å². The minimum atomic E-state index is -0.802. The van der Waals surface area contributed by atoms with Crippen molar-refractivity contribution in [3.63, 3.8) is 0 Å². The first-order valence-corrected chi connectivity index (χ1v) is 27.2. The van der Waals surface area contributed by atoms with E-state index in [9.17, 15) is 14.4 Å². The summed E-state index contributed by atoms with van der Waals surface area (Å²) in [6.45, 7) is 6.43. The topological polar surface area (TPSA) is 78.9 Å². The molecule has 0 radical (unpaired) electrons. The van der Waals surface area contributed by atoms with Crippen molar-refractivity contribution < 1.29 is 28.6 Å². The number of hydrogen-bond acceptors (Lipinski definition) is 6. The van der Waals surface area contributed by atoms with Crippen molar-refractivity contribution in [1.29, 1.82) is 0 Å². The first-order valence-electron chi connectivity index (χ1n) is 27.2. The van der Waals surface area contributed by atoms with E-state index in [4.69, 9.17) is 14.2 Å². The zero-order chi connectivity index (χ0) is 47.9. The van der Waals surface area contributed by atoms with Crippen molar-refractivity contribution in [2.24, 2.45) is 0 Å². The predicted octanol–water partition coefficient (Wildman–Crippen LogP) is 18.1. The zero-order valence-corrected chi connectivity index (χ0v) is 42.9. The highest BCUT2D eigenvalue weighted by Gasteiger charge is 2.19. The SMILES string of the molecule is CC/C=C\C/C=C\C/C=C\C/C=C\C/C=C\CCCCCC(=O)OCC(COC(=O)CCCCCCC/C=C\C/C=C\CCCC)OC(=O)CCCCCCC/C=C\CCCCCCCC. The van der Waals surface area contributed by atoms with Crippen LogP contribution in [0.15, 0.2) is 97.2 Å². The van der Waals surface area contributed by atoms with Crippen molar-refractivity contribution >= 4 is 17.9 Å². The largest absolute Gasteiger partial charge is 0.462 e. The fourth-order valence-corrected chi connectivity index (χ4v) is 7.18. The van der Waals surface area contributed by atoms with Gasteiger partial charge in [0, 0.05) is 19.3 Å². The Labute approximate surface area is 407 Å². The summed E-state index contributed by atoms with van der Waals surface area (Å²) in [6, 6.07) is 0. The van der Waals surface area contributed by atoms with E-state index in [1.165, 1.54) is 70.6 Å². The standard InChI is InChI=1S/C60H100O6/c1-4-7-10-13-16-19-22-25-28-29-30-31-33-35-38-41-44-47-50-53-59(62)65-56-57(55-64-58(61)52-49-46-43-40-37-34-27-24-21-18-15-12-9-6-3)66-60(63)54-51-48-45-42-39-36-32-26-23-20-17-14-11-8-5-2/h7,10,15-16,18-19,24-28,30-32,35,38,57H,4-6,8-9,11-14,17,20-23,29,33-34,36-37,39-56H2,1-3H3/b10-7-,18-15-,19-16-,27-24-,28-25-,31-30-,32-26-,38-35-. The number of allylic oxidation sites excluding steroid dienone is 16. The van der Waals surface area contributed by atoms with Crippen LogP contribution in [-0.2, 0) is 28.6 Å². The summed E-state index contributed by atoms with van der Waals surface area (Å²) in [6.07, 6.45) is 71.0. The van der Waals surface area contributed by atoms with Gasteiger partial charge in [-0.2, -0.15) is 0 Å². The molecule has 0 heterocycles. The molecule has 0 aromatic rings.